The zero-order chi connectivity index (χ0) is 20.8. The van der Waals surface area contributed by atoms with Crippen LogP contribution in [0.5, 0.6) is 5.75 Å². The first kappa shape index (κ1) is 21.2. The van der Waals surface area contributed by atoms with E-state index in [1.165, 1.54) is 0 Å². The lowest BCUT2D eigenvalue weighted by Crippen LogP contribution is -2.34. The van der Waals surface area contributed by atoms with Crippen LogP contribution in [-0.4, -0.2) is 60.1 Å². The smallest absolute Gasteiger partial charge is 0.292 e. The number of amides is 2. The number of aryl methyl sites for hydroxylation is 1. The Balaban J connectivity index is 1.74. The maximum Gasteiger partial charge on any atom is 0.292 e. The summed E-state index contributed by atoms with van der Waals surface area (Å²) in [6.45, 7) is 4.04. The van der Waals surface area contributed by atoms with E-state index in [-0.39, 0.29) is 17.6 Å². The van der Waals surface area contributed by atoms with E-state index in [4.69, 9.17) is 20.9 Å². The van der Waals surface area contributed by atoms with E-state index in [1.54, 1.807) is 41.1 Å². The molecule has 0 unspecified atom stereocenters. The lowest BCUT2D eigenvalue weighted by molar-refractivity contribution is 0.0697. The van der Waals surface area contributed by atoms with E-state index >= 15 is 0 Å². The maximum absolute atomic E-state index is 12.8. The molecule has 3 rings (SSSR count). The lowest BCUT2D eigenvalue weighted by atomic mass is 10.1. The Morgan fingerprint density at radius 1 is 1.17 bits per heavy atom. The summed E-state index contributed by atoms with van der Waals surface area (Å²) in [6, 6.07) is 6.76. The molecule has 8 heteroatoms. The quantitative estimate of drug-likeness (QED) is 0.742. The van der Waals surface area contributed by atoms with Gasteiger partial charge in [-0.2, -0.15) is 0 Å². The van der Waals surface area contributed by atoms with E-state index in [1.807, 2.05) is 6.92 Å². The molecule has 0 saturated heterocycles. The molecule has 0 aliphatic carbocycles. The van der Waals surface area contributed by atoms with E-state index in [9.17, 15) is 9.59 Å². The molecule has 2 heterocycles. The molecule has 1 aliphatic rings. The topological polar surface area (TPSA) is 75.9 Å². The largest absolute Gasteiger partial charge is 0.493 e. The summed E-state index contributed by atoms with van der Waals surface area (Å²) in [5, 5.41) is 4.41. The van der Waals surface area contributed by atoms with Crippen molar-refractivity contribution < 1.29 is 18.8 Å². The molecule has 0 spiro atoms. The van der Waals surface area contributed by atoms with Gasteiger partial charge in [0, 0.05) is 37.8 Å². The van der Waals surface area contributed by atoms with Gasteiger partial charge in [0.1, 0.15) is 5.75 Å². The Bertz CT molecular complexity index is 867. The second kappa shape index (κ2) is 9.78. The van der Waals surface area contributed by atoms with Crippen LogP contribution in [0.2, 0.25) is 5.02 Å². The first-order chi connectivity index (χ1) is 14.0. The zero-order valence-electron chi connectivity index (χ0n) is 16.8. The molecule has 1 aromatic carbocycles. The number of halogens is 1. The fraction of sp³-hybridized carbons (Fsp3) is 0.476. The third-order valence-electron chi connectivity index (χ3n) is 4.94. The summed E-state index contributed by atoms with van der Waals surface area (Å²) < 4.78 is 11.1. The molecular weight excluding hydrogens is 394 g/mol. The number of nitrogens with zero attached hydrogens (tertiary/aromatic N) is 3. The van der Waals surface area contributed by atoms with E-state index in [0.717, 1.165) is 18.5 Å². The van der Waals surface area contributed by atoms with Crippen molar-refractivity contribution in [1.29, 1.82) is 0 Å². The molecular formula is C21H26ClN3O4. The number of benzene rings is 1. The maximum atomic E-state index is 12.8. The van der Waals surface area contributed by atoms with Crippen molar-refractivity contribution in [2.24, 2.45) is 0 Å². The van der Waals surface area contributed by atoms with Crippen LogP contribution in [0.15, 0.2) is 28.8 Å². The van der Waals surface area contributed by atoms with E-state index in [2.05, 4.69) is 5.16 Å². The number of hydrogen-bond acceptors (Lipinski definition) is 5. The summed E-state index contributed by atoms with van der Waals surface area (Å²) in [5.41, 5.74) is 1.22. The Morgan fingerprint density at radius 2 is 1.93 bits per heavy atom. The van der Waals surface area contributed by atoms with Gasteiger partial charge in [0.25, 0.3) is 11.8 Å². The summed E-state index contributed by atoms with van der Waals surface area (Å²) in [6.07, 6.45) is 2.90. The predicted molar refractivity (Wildman–Crippen MR) is 110 cm³/mol. The van der Waals surface area contributed by atoms with Crippen molar-refractivity contribution in [2.75, 3.05) is 33.3 Å². The highest BCUT2D eigenvalue weighted by Crippen LogP contribution is 2.25. The molecule has 0 N–H and O–H groups in total. The fourth-order valence-electron chi connectivity index (χ4n) is 3.24. The Kier molecular flexibility index (Phi) is 7.14. The van der Waals surface area contributed by atoms with Crippen LogP contribution in [-0.2, 0) is 6.42 Å². The molecule has 1 aliphatic heterocycles. The highest BCUT2D eigenvalue weighted by atomic mass is 35.5. The molecule has 1 aromatic heterocycles. The van der Waals surface area contributed by atoms with Gasteiger partial charge in [-0.1, -0.05) is 23.7 Å². The zero-order valence-corrected chi connectivity index (χ0v) is 17.6. The third kappa shape index (κ3) is 5.29. The van der Waals surface area contributed by atoms with Crippen LogP contribution in [0.1, 0.15) is 52.8 Å². The molecule has 2 amide bonds. The average molecular weight is 420 g/mol. The molecule has 156 valence electrons. The summed E-state index contributed by atoms with van der Waals surface area (Å²) in [7, 11) is 1.76. The van der Waals surface area contributed by atoms with Crippen LogP contribution < -0.4 is 4.74 Å². The monoisotopic (exact) mass is 419 g/mol. The van der Waals surface area contributed by atoms with Gasteiger partial charge >= 0.3 is 0 Å². The van der Waals surface area contributed by atoms with Crippen LogP contribution in [0.3, 0.4) is 0 Å². The Morgan fingerprint density at radius 3 is 2.69 bits per heavy atom. The molecule has 2 aromatic rings. The molecule has 29 heavy (non-hydrogen) atoms. The number of carbonyl (C=O) groups excluding carboxylic acids is 2. The van der Waals surface area contributed by atoms with Crippen LogP contribution in [0, 0.1) is 0 Å². The number of rotatable bonds is 2. The number of fused-ring (bicyclic) bond motifs is 1. The van der Waals surface area contributed by atoms with Gasteiger partial charge in [-0.05, 0) is 43.9 Å². The van der Waals surface area contributed by atoms with Crippen LogP contribution in [0.4, 0.5) is 0 Å². The van der Waals surface area contributed by atoms with Gasteiger partial charge in [0.15, 0.2) is 0 Å². The molecule has 0 fully saturated rings. The van der Waals surface area contributed by atoms with Gasteiger partial charge in [-0.3, -0.25) is 9.59 Å². The molecule has 7 nitrogen and oxygen atoms in total. The summed E-state index contributed by atoms with van der Waals surface area (Å²) in [5.74, 6) is 0.484. The van der Waals surface area contributed by atoms with Gasteiger partial charge in [-0.25, -0.2) is 0 Å². The fourth-order valence-corrected chi connectivity index (χ4v) is 3.41. The minimum absolute atomic E-state index is 0.122. The standard InChI is InChI=1S/C21H26ClN3O4/c1-3-16-14-19(29-23-16)21(27)25-10-5-4-9-24(2)20(26)17-13-15(22)7-8-18(17)28-12-6-11-25/h7-8,13-14H,3-6,9-12H2,1-2H3. The van der Waals surface area contributed by atoms with Gasteiger partial charge in [0.2, 0.25) is 5.76 Å². The highest BCUT2D eigenvalue weighted by molar-refractivity contribution is 6.31. The number of carbonyl (C=O) groups is 2. The van der Waals surface area contributed by atoms with Crippen molar-refractivity contribution in [3.63, 3.8) is 0 Å². The first-order valence-electron chi connectivity index (χ1n) is 9.92. The highest BCUT2D eigenvalue weighted by Gasteiger charge is 2.22. The van der Waals surface area contributed by atoms with Gasteiger partial charge in [-0.15, -0.1) is 0 Å². The molecule has 0 bridgehead atoms. The second-order valence-corrected chi connectivity index (χ2v) is 7.54. The van der Waals surface area contributed by atoms with Crippen LogP contribution >= 0.6 is 11.6 Å². The van der Waals surface area contributed by atoms with Crippen LogP contribution in [0.25, 0.3) is 0 Å². The summed E-state index contributed by atoms with van der Waals surface area (Å²) in [4.78, 5) is 29.0. The third-order valence-corrected chi connectivity index (χ3v) is 5.17. The van der Waals surface area contributed by atoms with Gasteiger partial charge in [0.05, 0.1) is 17.9 Å². The van der Waals surface area contributed by atoms with Crippen molar-refractivity contribution >= 4 is 23.4 Å². The van der Waals surface area contributed by atoms with Crippen molar-refractivity contribution in [1.82, 2.24) is 15.0 Å². The SMILES string of the molecule is CCc1cc(C(=O)N2CCCCN(C)C(=O)c3cc(Cl)ccc3OCCC2)on1. The van der Waals surface area contributed by atoms with Gasteiger partial charge < -0.3 is 19.1 Å². The molecule has 0 atom stereocenters. The normalized spacial score (nSPS) is 16.3. The number of aromatic nitrogens is 1. The molecule has 0 saturated carbocycles. The van der Waals surface area contributed by atoms with Crippen molar-refractivity contribution in [2.45, 2.75) is 32.6 Å². The lowest BCUT2D eigenvalue weighted by Gasteiger charge is -2.22. The predicted octanol–water partition coefficient (Wildman–Crippen LogP) is 3.67. The van der Waals surface area contributed by atoms with E-state index in [0.29, 0.717) is 55.4 Å². The number of hydrogen-bond donors (Lipinski definition) is 0. The first-order valence-corrected chi connectivity index (χ1v) is 10.3. The number of ether oxygens (including phenoxy) is 1. The minimum atomic E-state index is -0.163. The minimum Gasteiger partial charge on any atom is -0.493 e. The van der Waals surface area contributed by atoms with E-state index < -0.39 is 0 Å². The summed E-state index contributed by atoms with van der Waals surface area (Å²) >= 11 is 6.08. The van der Waals surface area contributed by atoms with Crippen molar-refractivity contribution in [3.05, 3.63) is 46.3 Å². The second-order valence-electron chi connectivity index (χ2n) is 7.10. The Labute approximate surface area is 175 Å². The van der Waals surface area contributed by atoms with Crippen molar-refractivity contribution in [3.8, 4) is 5.75 Å². The average Bonchev–Trinajstić information content (AvgIpc) is 3.21. The molecule has 0 radical (unpaired) electrons. The Hall–Kier alpha value is -2.54.